The highest BCUT2D eigenvalue weighted by molar-refractivity contribution is 6.22. The first-order valence-electron chi connectivity index (χ1n) is 13.1. The van der Waals surface area contributed by atoms with Crippen LogP contribution >= 0.6 is 0 Å². The third-order valence-electron chi connectivity index (χ3n) is 7.46. The molecular weight excluding hydrogens is 460 g/mol. The van der Waals surface area contributed by atoms with Crippen LogP contribution in [0.1, 0.15) is 5.56 Å². The van der Waals surface area contributed by atoms with E-state index in [2.05, 4.69) is 133 Å². The smallest absolute Gasteiger partial charge is 0.130 e. The lowest BCUT2D eigenvalue weighted by Crippen LogP contribution is -1.98. The highest BCUT2D eigenvalue weighted by Gasteiger charge is 2.21. The van der Waals surface area contributed by atoms with Gasteiger partial charge in [-0.1, -0.05) is 127 Å². The molecule has 38 heavy (non-hydrogen) atoms. The van der Waals surface area contributed by atoms with Crippen molar-refractivity contribution in [2.24, 2.45) is 0 Å². The Morgan fingerprint density at radius 3 is 1.68 bits per heavy atom. The summed E-state index contributed by atoms with van der Waals surface area (Å²) >= 11 is 0. The molecule has 1 aliphatic rings. The Bertz CT molecular complexity index is 1800. The second-order valence-electron chi connectivity index (χ2n) is 9.61. The highest BCUT2D eigenvalue weighted by atomic mass is 16.5. The van der Waals surface area contributed by atoms with E-state index in [1.54, 1.807) is 6.26 Å². The first kappa shape index (κ1) is 22.3. The fraction of sp³-hybridized carbons (Fsp3) is 0.0270. The van der Waals surface area contributed by atoms with Crippen molar-refractivity contribution >= 4 is 21.5 Å². The largest absolute Gasteiger partial charge is 0.465 e. The molecule has 0 N–H and O–H groups in total. The summed E-state index contributed by atoms with van der Waals surface area (Å²) in [6.07, 6.45) is 8.78. The molecule has 0 radical (unpaired) electrons. The molecule has 0 bridgehead atoms. The van der Waals surface area contributed by atoms with Gasteiger partial charge in [0, 0.05) is 5.56 Å². The lowest BCUT2D eigenvalue weighted by molar-refractivity contribution is 0.475. The number of rotatable bonds is 3. The summed E-state index contributed by atoms with van der Waals surface area (Å²) in [6.45, 7) is 0. The standard InChI is InChI=1S/C37H26O/c1-3-14-26(15-4-1)27-16-6-7-18-29(27)36-31-19-8-10-21-33(31)37(34-22-11-9-20-32(34)36)30-23-13-24-35-28(30)17-5-2-12-25-38-35/h1-16,18-25H,17H2/b5-2-,25-12-. The Balaban J connectivity index is 1.60. The third kappa shape index (κ3) is 3.72. The fourth-order valence-corrected chi connectivity index (χ4v) is 5.82. The molecule has 0 aromatic heterocycles. The second-order valence-corrected chi connectivity index (χ2v) is 9.61. The minimum atomic E-state index is 0.817. The van der Waals surface area contributed by atoms with Crippen LogP contribution in [-0.4, -0.2) is 0 Å². The monoisotopic (exact) mass is 486 g/mol. The highest BCUT2D eigenvalue weighted by Crippen LogP contribution is 2.47. The fourth-order valence-electron chi connectivity index (χ4n) is 5.82. The number of ether oxygens (including phenoxy) is 1. The van der Waals surface area contributed by atoms with Crippen LogP contribution in [0.3, 0.4) is 0 Å². The van der Waals surface area contributed by atoms with E-state index in [4.69, 9.17) is 4.74 Å². The lowest BCUT2D eigenvalue weighted by atomic mass is 9.82. The van der Waals surface area contributed by atoms with E-state index in [9.17, 15) is 0 Å². The normalized spacial score (nSPS) is 14.3. The van der Waals surface area contributed by atoms with Crippen molar-refractivity contribution in [3.8, 4) is 39.1 Å². The zero-order valence-corrected chi connectivity index (χ0v) is 21.0. The topological polar surface area (TPSA) is 9.23 Å². The quantitative estimate of drug-likeness (QED) is 0.226. The summed E-state index contributed by atoms with van der Waals surface area (Å²) in [7, 11) is 0. The molecule has 1 heteroatoms. The van der Waals surface area contributed by atoms with Gasteiger partial charge in [0.1, 0.15) is 5.75 Å². The summed E-state index contributed by atoms with van der Waals surface area (Å²) in [4.78, 5) is 0. The molecule has 180 valence electrons. The number of hydrogen-bond acceptors (Lipinski definition) is 1. The van der Waals surface area contributed by atoms with Gasteiger partial charge in [-0.25, -0.2) is 0 Å². The molecule has 6 aromatic rings. The minimum absolute atomic E-state index is 0.817. The predicted molar refractivity (Wildman–Crippen MR) is 160 cm³/mol. The Morgan fingerprint density at radius 2 is 1.00 bits per heavy atom. The first-order chi connectivity index (χ1) is 18.9. The van der Waals surface area contributed by atoms with Crippen molar-refractivity contribution in [2.45, 2.75) is 6.42 Å². The maximum atomic E-state index is 6.04. The Morgan fingerprint density at radius 1 is 0.447 bits per heavy atom. The van der Waals surface area contributed by atoms with Crippen LogP contribution in [0.4, 0.5) is 0 Å². The van der Waals surface area contributed by atoms with Crippen LogP contribution in [0.15, 0.2) is 146 Å². The first-order valence-corrected chi connectivity index (χ1v) is 13.1. The zero-order valence-electron chi connectivity index (χ0n) is 21.0. The summed E-state index contributed by atoms with van der Waals surface area (Å²) in [6, 6.07) is 43.6. The van der Waals surface area contributed by atoms with E-state index in [0.717, 1.165) is 12.2 Å². The number of hydrogen-bond donors (Lipinski definition) is 0. The average molecular weight is 487 g/mol. The molecule has 1 nitrogen and oxygen atoms in total. The van der Waals surface area contributed by atoms with Crippen molar-refractivity contribution in [2.75, 3.05) is 0 Å². The molecule has 0 aliphatic carbocycles. The SMILES string of the molecule is C1=C\Cc2c(cccc2-c2c3ccccc3c(-c3ccccc3-c3ccccc3)c3ccccc23)O\C=C/1. The molecular formula is C37H26O. The van der Waals surface area contributed by atoms with Crippen LogP contribution in [-0.2, 0) is 6.42 Å². The van der Waals surface area contributed by atoms with Gasteiger partial charge in [-0.15, -0.1) is 0 Å². The van der Waals surface area contributed by atoms with Gasteiger partial charge >= 0.3 is 0 Å². The van der Waals surface area contributed by atoms with Crippen molar-refractivity contribution in [3.05, 3.63) is 151 Å². The molecule has 7 rings (SSSR count). The molecule has 0 unspecified atom stereocenters. The van der Waals surface area contributed by atoms with E-state index in [0.29, 0.717) is 0 Å². The van der Waals surface area contributed by atoms with Crippen molar-refractivity contribution in [1.29, 1.82) is 0 Å². The number of allylic oxidation sites excluding steroid dienone is 3. The maximum absolute atomic E-state index is 6.04. The Labute approximate surface area is 223 Å². The van der Waals surface area contributed by atoms with Gasteiger partial charge < -0.3 is 4.74 Å². The molecule has 6 aromatic carbocycles. The summed E-state index contributed by atoms with van der Waals surface area (Å²) in [5.41, 5.74) is 8.68. The van der Waals surface area contributed by atoms with E-state index >= 15 is 0 Å². The van der Waals surface area contributed by atoms with Gasteiger partial charge in [-0.3, -0.25) is 0 Å². The lowest BCUT2D eigenvalue weighted by Gasteiger charge is -2.21. The Hall–Kier alpha value is -4.88. The molecule has 0 spiro atoms. The van der Waals surface area contributed by atoms with Crippen LogP contribution in [0, 0.1) is 0 Å². The molecule has 0 fully saturated rings. The van der Waals surface area contributed by atoms with Gasteiger partial charge in [0.25, 0.3) is 0 Å². The number of benzene rings is 6. The molecule has 0 atom stereocenters. The predicted octanol–water partition coefficient (Wildman–Crippen LogP) is 10.00. The van der Waals surface area contributed by atoms with E-state index in [-0.39, 0.29) is 0 Å². The summed E-state index contributed by atoms with van der Waals surface area (Å²) in [5, 5.41) is 5.01. The average Bonchev–Trinajstić information content (AvgIpc) is 2.96. The van der Waals surface area contributed by atoms with Crippen LogP contribution in [0.25, 0.3) is 54.9 Å². The van der Waals surface area contributed by atoms with Crippen molar-refractivity contribution in [1.82, 2.24) is 0 Å². The minimum Gasteiger partial charge on any atom is -0.465 e. The Kier molecular flexibility index (Phi) is 5.60. The number of fused-ring (bicyclic) bond motifs is 3. The van der Waals surface area contributed by atoms with Gasteiger partial charge in [-0.05, 0) is 73.5 Å². The molecule has 0 amide bonds. The van der Waals surface area contributed by atoms with Gasteiger partial charge in [0.05, 0.1) is 6.26 Å². The van der Waals surface area contributed by atoms with E-state index in [1.807, 2.05) is 6.08 Å². The third-order valence-corrected chi connectivity index (χ3v) is 7.46. The summed E-state index contributed by atoms with van der Waals surface area (Å²) in [5.74, 6) is 0.912. The molecule has 1 heterocycles. The van der Waals surface area contributed by atoms with Crippen LogP contribution in [0.5, 0.6) is 5.75 Å². The van der Waals surface area contributed by atoms with Gasteiger partial charge in [0.2, 0.25) is 0 Å². The maximum Gasteiger partial charge on any atom is 0.130 e. The second kappa shape index (κ2) is 9.53. The van der Waals surface area contributed by atoms with Crippen molar-refractivity contribution < 1.29 is 4.74 Å². The van der Waals surface area contributed by atoms with Gasteiger partial charge in [-0.2, -0.15) is 0 Å². The van der Waals surface area contributed by atoms with E-state index < -0.39 is 0 Å². The van der Waals surface area contributed by atoms with Crippen LogP contribution < -0.4 is 4.74 Å². The summed E-state index contributed by atoms with van der Waals surface area (Å²) < 4.78 is 6.04. The molecule has 0 saturated heterocycles. The van der Waals surface area contributed by atoms with Crippen molar-refractivity contribution in [3.63, 3.8) is 0 Å². The molecule has 1 aliphatic heterocycles. The van der Waals surface area contributed by atoms with Gasteiger partial charge in [0.15, 0.2) is 0 Å². The molecule has 0 saturated carbocycles. The van der Waals surface area contributed by atoms with Crippen LogP contribution in [0.2, 0.25) is 0 Å². The van der Waals surface area contributed by atoms with E-state index in [1.165, 1.54) is 60.5 Å². The zero-order chi connectivity index (χ0) is 25.3.